The van der Waals surface area contributed by atoms with Crippen LogP contribution in [0, 0.1) is 6.92 Å². The summed E-state index contributed by atoms with van der Waals surface area (Å²) in [7, 11) is 0. The molecule has 0 bridgehead atoms. The number of pyridine rings is 1. The van der Waals surface area contributed by atoms with Gasteiger partial charge >= 0.3 is 0 Å². The van der Waals surface area contributed by atoms with Gasteiger partial charge in [-0.1, -0.05) is 18.2 Å². The molecule has 0 saturated carbocycles. The average molecular weight is 269 g/mol. The number of hydrogen-bond donors (Lipinski definition) is 2. The van der Waals surface area contributed by atoms with E-state index in [0.29, 0.717) is 5.69 Å². The minimum absolute atomic E-state index is 0.687. The van der Waals surface area contributed by atoms with Gasteiger partial charge in [-0.2, -0.15) is 0 Å². The second kappa shape index (κ2) is 4.90. The number of anilines is 2. The molecule has 0 amide bonds. The van der Waals surface area contributed by atoms with Crippen LogP contribution in [-0.4, -0.2) is 4.98 Å². The van der Waals surface area contributed by atoms with Crippen LogP contribution in [0.2, 0.25) is 0 Å². The van der Waals surface area contributed by atoms with Crippen molar-refractivity contribution >= 4 is 33.6 Å². The third kappa shape index (κ3) is 2.39. The fraction of sp³-hybridized carbons (Fsp3) is 0.133. The number of benzene rings is 1. The van der Waals surface area contributed by atoms with E-state index in [1.54, 1.807) is 17.5 Å². The largest absolute Gasteiger partial charge is 0.396 e. The van der Waals surface area contributed by atoms with Crippen LogP contribution >= 0.6 is 11.3 Å². The first-order valence-corrected chi connectivity index (χ1v) is 6.98. The normalized spacial score (nSPS) is 10.8. The van der Waals surface area contributed by atoms with Gasteiger partial charge in [-0.3, -0.25) is 4.98 Å². The van der Waals surface area contributed by atoms with E-state index in [4.69, 9.17) is 5.73 Å². The maximum Gasteiger partial charge on any atom is 0.0743 e. The van der Waals surface area contributed by atoms with E-state index in [0.717, 1.165) is 23.1 Å². The van der Waals surface area contributed by atoms with Gasteiger partial charge in [0.25, 0.3) is 0 Å². The summed E-state index contributed by atoms with van der Waals surface area (Å²) < 4.78 is 0. The van der Waals surface area contributed by atoms with Crippen molar-refractivity contribution in [1.29, 1.82) is 0 Å². The van der Waals surface area contributed by atoms with E-state index in [1.165, 1.54) is 9.75 Å². The Hall–Kier alpha value is -2.07. The average Bonchev–Trinajstić information content (AvgIpc) is 2.83. The van der Waals surface area contributed by atoms with Crippen molar-refractivity contribution in [1.82, 2.24) is 4.98 Å². The second-order valence-corrected chi connectivity index (χ2v) is 5.84. The van der Waals surface area contributed by atoms with E-state index < -0.39 is 0 Å². The summed E-state index contributed by atoms with van der Waals surface area (Å²) in [5.74, 6) is 0. The lowest BCUT2D eigenvalue weighted by molar-refractivity contribution is 1.20. The minimum atomic E-state index is 0.687. The van der Waals surface area contributed by atoms with Crippen LogP contribution in [0.3, 0.4) is 0 Å². The number of nitrogens with zero attached hydrogens (tertiary/aromatic N) is 1. The van der Waals surface area contributed by atoms with Gasteiger partial charge in [0.2, 0.25) is 0 Å². The summed E-state index contributed by atoms with van der Waals surface area (Å²) in [6, 6.07) is 12.3. The van der Waals surface area contributed by atoms with E-state index in [9.17, 15) is 0 Å². The third-order valence-corrected chi connectivity index (χ3v) is 4.04. The summed E-state index contributed by atoms with van der Waals surface area (Å²) in [5, 5.41) is 4.50. The topological polar surface area (TPSA) is 50.9 Å². The van der Waals surface area contributed by atoms with Crippen molar-refractivity contribution < 1.29 is 0 Å². The first-order valence-electron chi connectivity index (χ1n) is 6.16. The molecule has 19 heavy (non-hydrogen) atoms. The lowest BCUT2D eigenvalue weighted by atomic mass is 10.1. The number of thiophene rings is 1. The Bertz CT molecular complexity index is 718. The molecule has 96 valence electrons. The number of nitrogens with two attached hydrogens (primary N) is 1. The molecule has 1 aromatic carbocycles. The smallest absolute Gasteiger partial charge is 0.0743 e. The maximum atomic E-state index is 6.03. The fourth-order valence-corrected chi connectivity index (χ4v) is 2.94. The van der Waals surface area contributed by atoms with Crippen LogP contribution in [0.15, 0.2) is 42.6 Å². The Morgan fingerprint density at radius 3 is 2.84 bits per heavy atom. The fourth-order valence-electron chi connectivity index (χ4n) is 2.11. The standard InChI is InChI=1S/C15H15N3S/c1-10-6-7-11(19-10)8-18-15-12-4-2-3-5-14(12)17-9-13(15)16/h2-7,9H,8,16H2,1H3,(H,17,18). The van der Waals surface area contributed by atoms with Crippen LogP contribution in [0.1, 0.15) is 9.75 Å². The highest BCUT2D eigenvalue weighted by Crippen LogP contribution is 2.28. The molecular weight excluding hydrogens is 254 g/mol. The molecule has 3 aromatic rings. The Balaban J connectivity index is 1.93. The van der Waals surface area contributed by atoms with Crippen molar-refractivity contribution in [2.45, 2.75) is 13.5 Å². The van der Waals surface area contributed by atoms with Crippen LogP contribution in [0.25, 0.3) is 10.9 Å². The highest BCUT2D eigenvalue weighted by Gasteiger charge is 2.06. The summed E-state index contributed by atoms with van der Waals surface area (Å²) in [4.78, 5) is 6.97. The molecule has 2 heterocycles. The number of hydrogen-bond acceptors (Lipinski definition) is 4. The monoisotopic (exact) mass is 269 g/mol. The van der Waals surface area contributed by atoms with Gasteiger partial charge < -0.3 is 11.1 Å². The molecule has 3 rings (SSSR count). The summed E-state index contributed by atoms with van der Waals surface area (Å²) in [6.45, 7) is 2.90. The summed E-state index contributed by atoms with van der Waals surface area (Å²) in [6.07, 6.45) is 1.71. The number of rotatable bonds is 3. The molecule has 0 saturated heterocycles. The Labute approximate surface area is 116 Å². The van der Waals surface area contributed by atoms with E-state index in [2.05, 4.69) is 29.4 Å². The number of nitrogens with one attached hydrogen (secondary N) is 1. The molecular formula is C15H15N3S. The molecule has 0 unspecified atom stereocenters. The summed E-state index contributed by atoms with van der Waals surface area (Å²) >= 11 is 1.80. The number of para-hydroxylation sites is 1. The van der Waals surface area contributed by atoms with Crippen LogP contribution in [0.5, 0.6) is 0 Å². The van der Waals surface area contributed by atoms with Crippen molar-refractivity contribution in [2.75, 3.05) is 11.1 Å². The van der Waals surface area contributed by atoms with Crippen LogP contribution in [-0.2, 0) is 6.54 Å². The number of nitrogen functional groups attached to an aromatic ring is 1. The van der Waals surface area contributed by atoms with Gasteiger partial charge in [0.15, 0.2) is 0 Å². The van der Waals surface area contributed by atoms with Gasteiger partial charge in [0.1, 0.15) is 0 Å². The number of aromatic nitrogens is 1. The molecule has 0 aliphatic heterocycles. The number of aryl methyl sites for hydroxylation is 1. The van der Waals surface area contributed by atoms with Gasteiger partial charge in [0.05, 0.1) is 23.1 Å². The second-order valence-electron chi connectivity index (χ2n) is 4.47. The van der Waals surface area contributed by atoms with Gasteiger partial charge in [-0.25, -0.2) is 0 Å². The lowest BCUT2D eigenvalue weighted by Crippen LogP contribution is -2.02. The van der Waals surface area contributed by atoms with Crippen molar-refractivity contribution in [3.63, 3.8) is 0 Å². The van der Waals surface area contributed by atoms with Crippen LogP contribution in [0.4, 0.5) is 11.4 Å². The van der Waals surface area contributed by atoms with E-state index in [1.807, 2.05) is 24.3 Å². The third-order valence-electron chi connectivity index (χ3n) is 3.04. The van der Waals surface area contributed by atoms with Crippen LogP contribution < -0.4 is 11.1 Å². The molecule has 0 aliphatic rings. The molecule has 0 aliphatic carbocycles. The number of fused-ring (bicyclic) bond motifs is 1. The zero-order valence-corrected chi connectivity index (χ0v) is 11.5. The highest BCUT2D eigenvalue weighted by molar-refractivity contribution is 7.11. The predicted octanol–water partition coefficient (Wildman–Crippen LogP) is 3.80. The molecule has 0 radical (unpaired) electrons. The first-order chi connectivity index (χ1) is 9.24. The van der Waals surface area contributed by atoms with Crippen molar-refractivity contribution in [3.05, 3.63) is 52.3 Å². The maximum absolute atomic E-state index is 6.03. The SMILES string of the molecule is Cc1ccc(CNc2c(N)cnc3ccccc23)s1. The molecule has 0 spiro atoms. The molecule has 3 nitrogen and oxygen atoms in total. The Morgan fingerprint density at radius 1 is 1.21 bits per heavy atom. The molecule has 0 atom stereocenters. The molecule has 2 aromatic heterocycles. The van der Waals surface area contributed by atoms with E-state index in [-0.39, 0.29) is 0 Å². The summed E-state index contributed by atoms with van der Waals surface area (Å²) in [5.41, 5.74) is 8.65. The van der Waals surface area contributed by atoms with E-state index >= 15 is 0 Å². The van der Waals surface area contributed by atoms with Gasteiger partial charge in [0, 0.05) is 21.7 Å². The van der Waals surface area contributed by atoms with Crippen molar-refractivity contribution in [2.24, 2.45) is 0 Å². The first kappa shape index (κ1) is 12.0. The molecule has 3 N–H and O–H groups in total. The van der Waals surface area contributed by atoms with Gasteiger partial charge in [-0.05, 0) is 25.1 Å². The van der Waals surface area contributed by atoms with Crippen molar-refractivity contribution in [3.8, 4) is 0 Å². The van der Waals surface area contributed by atoms with Gasteiger partial charge in [-0.15, -0.1) is 11.3 Å². The minimum Gasteiger partial charge on any atom is -0.396 e. The lowest BCUT2D eigenvalue weighted by Gasteiger charge is -2.11. The quantitative estimate of drug-likeness (QED) is 0.760. The Morgan fingerprint density at radius 2 is 2.05 bits per heavy atom. The molecule has 4 heteroatoms. The zero-order valence-electron chi connectivity index (χ0n) is 10.7. The Kier molecular flexibility index (Phi) is 3.09. The highest BCUT2D eigenvalue weighted by atomic mass is 32.1. The predicted molar refractivity (Wildman–Crippen MR) is 82.5 cm³/mol. The molecule has 0 fully saturated rings. The zero-order chi connectivity index (χ0) is 13.2.